The molecular formula is C15H21N3O. The van der Waals surface area contributed by atoms with Crippen molar-refractivity contribution < 1.29 is 4.42 Å². The molecule has 0 radical (unpaired) electrons. The number of nitrogens with zero attached hydrogens (tertiary/aromatic N) is 2. The van der Waals surface area contributed by atoms with Gasteiger partial charge in [0.2, 0.25) is 5.89 Å². The zero-order valence-corrected chi connectivity index (χ0v) is 11.6. The van der Waals surface area contributed by atoms with Crippen molar-refractivity contribution in [3.05, 3.63) is 30.2 Å². The quantitative estimate of drug-likeness (QED) is 0.915. The summed E-state index contributed by atoms with van der Waals surface area (Å²) in [6.07, 6.45) is 0. The fourth-order valence-electron chi connectivity index (χ4n) is 2.66. The lowest BCUT2D eigenvalue weighted by Gasteiger charge is -2.33. The molecule has 0 aliphatic carbocycles. The van der Waals surface area contributed by atoms with Crippen LogP contribution in [0.5, 0.6) is 0 Å². The van der Waals surface area contributed by atoms with Crippen LogP contribution in [-0.2, 0) is 5.41 Å². The van der Waals surface area contributed by atoms with Gasteiger partial charge < -0.3 is 9.73 Å². The SMILES string of the molecule is CC(C)(CN1CCNCC1)c1nc2ccccc2o1. The third-order valence-corrected chi connectivity index (χ3v) is 3.70. The zero-order chi connectivity index (χ0) is 13.3. The molecule has 0 saturated carbocycles. The van der Waals surface area contributed by atoms with E-state index >= 15 is 0 Å². The van der Waals surface area contributed by atoms with E-state index in [1.807, 2.05) is 24.3 Å². The van der Waals surface area contributed by atoms with Gasteiger partial charge in [-0.25, -0.2) is 4.98 Å². The molecule has 102 valence electrons. The first-order chi connectivity index (χ1) is 9.15. The molecule has 4 heteroatoms. The summed E-state index contributed by atoms with van der Waals surface area (Å²) in [5.41, 5.74) is 1.77. The number of hydrogen-bond acceptors (Lipinski definition) is 4. The van der Waals surface area contributed by atoms with Gasteiger partial charge in [0.05, 0.1) is 5.41 Å². The Morgan fingerprint density at radius 2 is 2.00 bits per heavy atom. The Hall–Kier alpha value is -1.39. The normalized spacial score (nSPS) is 18.0. The number of benzene rings is 1. The van der Waals surface area contributed by atoms with Crippen molar-refractivity contribution in [2.75, 3.05) is 32.7 Å². The lowest BCUT2D eigenvalue weighted by Crippen LogP contribution is -2.48. The van der Waals surface area contributed by atoms with Gasteiger partial charge in [0, 0.05) is 32.7 Å². The van der Waals surface area contributed by atoms with Crippen molar-refractivity contribution >= 4 is 11.1 Å². The number of rotatable bonds is 3. The van der Waals surface area contributed by atoms with Crippen molar-refractivity contribution in [1.82, 2.24) is 15.2 Å². The van der Waals surface area contributed by atoms with Gasteiger partial charge in [0.1, 0.15) is 5.52 Å². The minimum Gasteiger partial charge on any atom is -0.440 e. The molecule has 0 unspecified atom stereocenters. The van der Waals surface area contributed by atoms with E-state index in [0.717, 1.165) is 49.7 Å². The summed E-state index contributed by atoms with van der Waals surface area (Å²) in [4.78, 5) is 7.12. The highest BCUT2D eigenvalue weighted by Gasteiger charge is 2.29. The van der Waals surface area contributed by atoms with E-state index in [1.54, 1.807) is 0 Å². The van der Waals surface area contributed by atoms with Crippen molar-refractivity contribution in [2.45, 2.75) is 19.3 Å². The van der Waals surface area contributed by atoms with Gasteiger partial charge in [-0.1, -0.05) is 12.1 Å². The van der Waals surface area contributed by atoms with Crippen molar-refractivity contribution in [3.63, 3.8) is 0 Å². The Balaban J connectivity index is 1.81. The van der Waals surface area contributed by atoms with Crippen LogP contribution in [-0.4, -0.2) is 42.6 Å². The van der Waals surface area contributed by atoms with Gasteiger partial charge in [-0.05, 0) is 26.0 Å². The van der Waals surface area contributed by atoms with Crippen molar-refractivity contribution in [3.8, 4) is 0 Å². The van der Waals surface area contributed by atoms with Crippen LogP contribution in [0.3, 0.4) is 0 Å². The Morgan fingerprint density at radius 3 is 2.74 bits per heavy atom. The number of fused-ring (bicyclic) bond motifs is 1. The van der Waals surface area contributed by atoms with Crippen LogP contribution < -0.4 is 5.32 Å². The van der Waals surface area contributed by atoms with E-state index in [1.165, 1.54) is 0 Å². The molecule has 2 aromatic rings. The van der Waals surface area contributed by atoms with E-state index in [2.05, 4.69) is 29.0 Å². The van der Waals surface area contributed by atoms with Gasteiger partial charge in [-0.2, -0.15) is 0 Å². The number of nitrogens with one attached hydrogen (secondary N) is 1. The predicted octanol–water partition coefficient (Wildman–Crippen LogP) is 2.01. The third kappa shape index (κ3) is 2.65. The average Bonchev–Trinajstić information content (AvgIpc) is 2.84. The fourth-order valence-corrected chi connectivity index (χ4v) is 2.66. The van der Waals surface area contributed by atoms with Crippen LogP contribution in [0, 0.1) is 0 Å². The molecule has 1 aliphatic rings. The Labute approximate surface area is 113 Å². The molecule has 1 fully saturated rings. The number of hydrogen-bond donors (Lipinski definition) is 1. The fraction of sp³-hybridized carbons (Fsp3) is 0.533. The van der Waals surface area contributed by atoms with Crippen LogP contribution in [0.2, 0.25) is 0 Å². The average molecular weight is 259 g/mol. The van der Waals surface area contributed by atoms with Gasteiger partial charge in [0.25, 0.3) is 0 Å². The van der Waals surface area contributed by atoms with Gasteiger partial charge in [-0.3, -0.25) is 4.90 Å². The van der Waals surface area contributed by atoms with E-state index in [4.69, 9.17) is 4.42 Å². The minimum absolute atomic E-state index is 0.0592. The third-order valence-electron chi connectivity index (χ3n) is 3.70. The minimum atomic E-state index is -0.0592. The van der Waals surface area contributed by atoms with E-state index in [-0.39, 0.29) is 5.41 Å². The second-order valence-corrected chi connectivity index (χ2v) is 5.90. The van der Waals surface area contributed by atoms with Gasteiger partial charge in [0.15, 0.2) is 5.58 Å². The van der Waals surface area contributed by atoms with Crippen LogP contribution in [0.15, 0.2) is 28.7 Å². The van der Waals surface area contributed by atoms with Crippen LogP contribution in [0.1, 0.15) is 19.7 Å². The molecule has 4 nitrogen and oxygen atoms in total. The molecule has 2 heterocycles. The second kappa shape index (κ2) is 4.94. The molecule has 0 bridgehead atoms. The maximum Gasteiger partial charge on any atom is 0.202 e. The highest BCUT2D eigenvalue weighted by atomic mass is 16.3. The molecule has 1 aliphatic heterocycles. The highest BCUT2D eigenvalue weighted by molar-refractivity contribution is 5.72. The molecular weight excluding hydrogens is 238 g/mol. The molecule has 1 aromatic carbocycles. The Bertz CT molecular complexity index is 522. The van der Waals surface area contributed by atoms with E-state index in [9.17, 15) is 0 Å². The molecule has 1 N–H and O–H groups in total. The number of para-hydroxylation sites is 2. The molecule has 0 spiro atoms. The molecule has 1 saturated heterocycles. The monoisotopic (exact) mass is 259 g/mol. The summed E-state index contributed by atoms with van der Waals surface area (Å²) in [5.74, 6) is 0.840. The molecule has 19 heavy (non-hydrogen) atoms. The summed E-state index contributed by atoms with van der Waals surface area (Å²) < 4.78 is 5.92. The second-order valence-electron chi connectivity index (χ2n) is 5.90. The number of piperazine rings is 1. The molecule has 3 rings (SSSR count). The molecule has 0 amide bonds. The Kier molecular flexibility index (Phi) is 3.29. The van der Waals surface area contributed by atoms with Crippen LogP contribution >= 0.6 is 0 Å². The molecule has 0 atom stereocenters. The zero-order valence-electron chi connectivity index (χ0n) is 11.6. The van der Waals surface area contributed by atoms with Crippen molar-refractivity contribution in [1.29, 1.82) is 0 Å². The highest BCUT2D eigenvalue weighted by Crippen LogP contribution is 2.27. The number of oxazole rings is 1. The number of aromatic nitrogens is 1. The van der Waals surface area contributed by atoms with Gasteiger partial charge >= 0.3 is 0 Å². The first kappa shape index (κ1) is 12.6. The van der Waals surface area contributed by atoms with Crippen LogP contribution in [0.25, 0.3) is 11.1 Å². The van der Waals surface area contributed by atoms with E-state index < -0.39 is 0 Å². The summed E-state index contributed by atoms with van der Waals surface area (Å²) in [5, 5.41) is 3.38. The first-order valence-corrected chi connectivity index (χ1v) is 6.94. The lowest BCUT2D eigenvalue weighted by molar-refractivity contribution is 0.185. The maximum atomic E-state index is 5.92. The summed E-state index contributed by atoms with van der Waals surface area (Å²) in [7, 11) is 0. The van der Waals surface area contributed by atoms with Crippen molar-refractivity contribution in [2.24, 2.45) is 0 Å². The molecule has 1 aromatic heterocycles. The predicted molar refractivity (Wildman–Crippen MR) is 76.3 cm³/mol. The largest absolute Gasteiger partial charge is 0.440 e. The smallest absolute Gasteiger partial charge is 0.202 e. The maximum absolute atomic E-state index is 5.92. The standard InChI is InChI=1S/C15H21N3O/c1-15(2,11-18-9-7-16-8-10-18)14-17-12-5-3-4-6-13(12)19-14/h3-6,16H,7-11H2,1-2H3. The summed E-state index contributed by atoms with van der Waals surface area (Å²) in [6.45, 7) is 9.75. The summed E-state index contributed by atoms with van der Waals surface area (Å²) >= 11 is 0. The topological polar surface area (TPSA) is 41.3 Å². The Morgan fingerprint density at radius 1 is 1.26 bits per heavy atom. The first-order valence-electron chi connectivity index (χ1n) is 6.94. The van der Waals surface area contributed by atoms with Gasteiger partial charge in [-0.15, -0.1) is 0 Å². The van der Waals surface area contributed by atoms with Crippen LogP contribution in [0.4, 0.5) is 0 Å². The lowest BCUT2D eigenvalue weighted by atomic mass is 9.92. The van der Waals surface area contributed by atoms with E-state index in [0.29, 0.717) is 0 Å². The summed E-state index contributed by atoms with van der Waals surface area (Å²) in [6, 6.07) is 7.97.